The van der Waals surface area contributed by atoms with Crippen LogP contribution < -0.4 is 9.30 Å². The summed E-state index contributed by atoms with van der Waals surface area (Å²) in [6.07, 6.45) is 3.42. The Morgan fingerprint density at radius 1 is 0.556 bits per heavy atom. The molecule has 6 heteroatoms. The van der Waals surface area contributed by atoms with E-state index in [1.807, 2.05) is 54.1 Å². The summed E-state index contributed by atoms with van der Waals surface area (Å²) in [7, 11) is 2.01. The zero-order chi connectivity index (χ0) is 29.9. The minimum absolute atomic E-state index is 0.748. The van der Waals surface area contributed by atoms with Crippen molar-refractivity contribution in [3.63, 3.8) is 0 Å². The van der Waals surface area contributed by atoms with E-state index in [1.165, 1.54) is 0 Å². The normalized spacial score (nSPS) is 11.7. The molecule has 0 atom stereocenters. The van der Waals surface area contributed by atoms with Crippen LogP contribution in [0.3, 0.4) is 0 Å². The molecule has 0 bridgehead atoms. The fraction of sp³-hybridized carbons (Fsp3) is 0.0256. The Kier molecular flexibility index (Phi) is 5.62. The number of hydrogen-bond donors (Lipinski definition) is 0. The minimum atomic E-state index is 0.748. The summed E-state index contributed by atoms with van der Waals surface area (Å²) in [4.78, 5) is 5.19. The maximum atomic E-state index is 6.55. The standard InChI is InChI=1S/C39H27N5O/c1-41-26-42(37-21-10-9-20-36(37)41)28-14-11-15-29(24-28)45-30-22-23-32-31-16-5-7-18-34(31)44(38(32)25-30)39-40-33-17-6-8-19-35(33)43(39)27-12-3-2-4-13-27/h2-25H,1H3. The van der Waals surface area contributed by atoms with Crippen LogP contribution in [0.4, 0.5) is 0 Å². The van der Waals surface area contributed by atoms with Crippen LogP contribution in [0, 0.1) is 6.33 Å². The molecule has 9 rings (SSSR count). The van der Waals surface area contributed by atoms with E-state index in [2.05, 4.69) is 123 Å². The summed E-state index contributed by atoms with van der Waals surface area (Å²) in [6.45, 7) is 0. The smallest absolute Gasteiger partial charge is 0.244 e. The van der Waals surface area contributed by atoms with Gasteiger partial charge >= 0.3 is 0 Å². The highest BCUT2D eigenvalue weighted by molar-refractivity contribution is 6.09. The van der Waals surface area contributed by atoms with Gasteiger partial charge in [0.1, 0.15) is 11.5 Å². The number of rotatable bonds is 5. The van der Waals surface area contributed by atoms with E-state index in [-0.39, 0.29) is 0 Å². The maximum absolute atomic E-state index is 6.55. The number of hydrogen-bond acceptors (Lipinski definition) is 2. The third-order valence-electron chi connectivity index (χ3n) is 8.45. The van der Waals surface area contributed by atoms with Gasteiger partial charge in [0.25, 0.3) is 0 Å². The van der Waals surface area contributed by atoms with E-state index in [4.69, 9.17) is 9.72 Å². The Labute approximate surface area is 259 Å². The van der Waals surface area contributed by atoms with E-state index in [1.54, 1.807) is 0 Å². The van der Waals surface area contributed by atoms with Gasteiger partial charge in [-0.3, -0.25) is 9.13 Å². The first kappa shape index (κ1) is 25.4. The third kappa shape index (κ3) is 4.03. The van der Waals surface area contributed by atoms with Gasteiger partial charge in [-0.2, -0.15) is 0 Å². The van der Waals surface area contributed by atoms with E-state index in [0.29, 0.717) is 0 Å². The highest BCUT2D eigenvalue weighted by Crippen LogP contribution is 2.37. The maximum Gasteiger partial charge on any atom is 0.244 e. The highest BCUT2D eigenvalue weighted by atomic mass is 16.5. The van der Waals surface area contributed by atoms with Crippen molar-refractivity contribution < 1.29 is 9.30 Å². The highest BCUT2D eigenvalue weighted by Gasteiger charge is 2.20. The first-order valence-corrected chi connectivity index (χ1v) is 15.0. The first-order valence-electron chi connectivity index (χ1n) is 15.0. The average Bonchev–Trinajstić information content (AvgIpc) is 3.74. The molecule has 45 heavy (non-hydrogen) atoms. The molecule has 214 valence electrons. The van der Waals surface area contributed by atoms with Crippen molar-refractivity contribution in [2.45, 2.75) is 0 Å². The summed E-state index contributed by atoms with van der Waals surface area (Å²) in [6, 6.07) is 50.0. The Balaban J connectivity index is 1.21. The predicted octanol–water partition coefficient (Wildman–Crippen LogP) is 8.48. The molecule has 0 fully saturated rings. The topological polar surface area (TPSA) is 40.8 Å². The van der Waals surface area contributed by atoms with Gasteiger partial charge in [-0.05, 0) is 54.6 Å². The Bertz CT molecular complexity index is 2540. The van der Waals surface area contributed by atoms with Crippen LogP contribution in [0.5, 0.6) is 11.5 Å². The van der Waals surface area contributed by atoms with Crippen molar-refractivity contribution >= 4 is 43.9 Å². The molecule has 0 aliphatic heterocycles. The van der Waals surface area contributed by atoms with Crippen molar-refractivity contribution in [3.05, 3.63) is 152 Å². The fourth-order valence-electron chi connectivity index (χ4n) is 6.44. The molecule has 9 aromatic rings. The summed E-state index contributed by atoms with van der Waals surface area (Å²) in [5.41, 5.74) is 8.34. The predicted molar refractivity (Wildman–Crippen MR) is 179 cm³/mol. The lowest BCUT2D eigenvalue weighted by atomic mass is 10.1. The van der Waals surface area contributed by atoms with E-state index in [9.17, 15) is 0 Å². The molecular formula is C39H27N5O. The average molecular weight is 582 g/mol. The zero-order valence-corrected chi connectivity index (χ0v) is 24.5. The Morgan fingerprint density at radius 3 is 2.13 bits per heavy atom. The number of ether oxygens (including phenoxy) is 1. The van der Waals surface area contributed by atoms with Crippen molar-refractivity contribution in [3.8, 4) is 28.8 Å². The number of fused-ring (bicyclic) bond motifs is 5. The number of para-hydroxylation sites is 6. The van der Waals surface area contributed by atoms with Crippen LogP contribution in [-0.2, 0) is 7.05 Å². The molecule has 3 heterocycles. The van der Waals surface area contributed by atoms with Gasteiger partial charge in [0.2, 0.25) is 12.3 Å². The van der Waals surface area contributed by atoms with Crippen LogP contribution in [0.1, 0.15) is 0 Å². The Morgan fingerprint density at radius 2 is 1.24 bits per heavy atom. The van der Waals surface area contributed by atoms with Crippen LogP contribution in [0.25, 0.3) is 61.2 Å². The number of benzene rings is 6. The van der Waals surface area contributed by atoms with Crippen LogP contribution in [0.15, 0.2) is 146 Å². The molecule has 0 saturated heterocycles. The first-order chi connectivity index (χ1) is 22.2. The molecule has 0 N–H and O–H groups in total. The number of aryl methyl sites for hydroxylation is 1. The van der Waals surface area contributed by atoms with Gasteiger partial charge in [-0.25, -0.2) is 4.98 Å². The molecule has 0 saturated carbocycles. The minimum Gasteiger partial charge on any atom is -0.458 e. The second kappa shape index (κ2) is 9.96. The molecule has 0 unspecified atom stereocenters. The lowest BCUT2D eigenvalue weighted by Crippen LogP contribution is -2.26. The molecule has 0 amide bonds. The lowest BCUT2D eigenvalue weighted by Gasteiger charge is -2.13. The van der Waals surface area contributed by atoms with Crippen LogP contribution in [-0.4, -0.2) is 18.7 Å². The largest absolute Gasteiger partial charge is 0.458 e. The second-order valence-electron chi connectivity index (χ2n) is 11.2. The Hall–Kier alpha value is -6.14. The van der Waals surface area contributed by atoms with Gasteiger partial charge in [-0.15, -0.1) is 0 Å². The third-order valence-corrected chi connectivity index (χ3v) is 8.45. The summed E-state index contributed by atoms with van der Waals surface area (Å²) in [5.74, 6) is 2.33. The molecular weight excluding hydrogens is 554 g/mol. The number of nitrogens with zero attached hydrogens (tertiary/aromatic N) is 5. The van der Waals surface area contributed by atoms with Gasteiger partial charge < -0.3 is 13.9 Å². The van der Waals surface area contributed by atoms with E-state index >= 15 is 0 Å². The van der Waals surface area contributed by atoms with Gasteiger partial charge in [0.15, 0.2) is 0 Å². The lowest BCUT2D eigenvalue weighted by molar-refractivity contribution is -0.649. The van der Waals surface area contributed by atoms with Gasteiger partial charge in [0, 0.05) is 22.5 Å². The molecule has 0 aliphatic carbocycles. The zero-order valence-electron chi connectivity index (χ0n) is 24.5. The van der Waals surface area contributed by atoms with Crippen molar-refractivity contribution in [1.82, 2.24) is 18.7 Å². The quantitative estimate of drug-likeness (QED) is 0.151. The van der Waals surface area contributed by atoms with Crippen LogP contribution in [0.2, 0.25) is 0 Å². The number of imidazole rings is 2. The monoisotopic (exact) mass is 581 g/mol. The number of aromatic nitrogens is 5. The van der Waals surface area contributed by atoms with E-state index in [0.717, 1.165) is 72.7 Å². The summed E-state index contributed by atoms with van der Waals surface area (Å²) < 4.78 is 15.1. The van der Waals surface area contributed by atoms with Crippen molar-refractivity contribution in [1.29, 1.82) is 0 Å². The summed E-state index contributed by atoms with van der Waals surface area (Å²) >= 11 is 0. The SMILES string of the molecule is C[n+]1[c-]n(-c2cccc(Oc3ccc4c5ccccc5n(-c5nc6ccccc6n5-c5ccccc5)c4c3)c2)c2ccccc21. The van der Waals surface area contributed by atoms with E-state index < -0.39 is 0 Å². The molecule has 0 radical (unpaired) electrons. The van der Waals surface area contributed by atoms with Crippen molar-refractivity contribution in [2.24, 2.45) is 7.05 Å². The van der Waals surface area contributed by atoms with Crippen molar-refractivity contribution in [2.75, 3.05) is 0 Å². The van der Waals surface area contributed by atoms with Gasteiger partial charge in [0.05, 0.1) is 45.8 Å². The summed E-state index contributed by atoms with van der Waals surface area (Å²) in [5, 5.41) is 2.30. The molecule has 6 nitrogen and oxygen atoms in total. The van der Waals surface area contributed by atoms with Gasteiger partial charge in [-0.1, -0.05) is 84.9 Å². The molecule has 0 aliphatic rings. The molecule has 0 spiro atoms. The molecule has 6 aromatic carbocycles. The fourth-order valence-corrected chi connectivity index (χ4v) is 6.44. The second-order valence-corrected chi connectivity index (χ2v) is 11.2. The molecule has 3 aromatic heterocycles. The van der Waals surface area contributed by atoms with Crippen LogP contribution >= 0.6 is 0 Å².